The van der Waals surface area contributed by atoms with Crippen LogP contribution in [0.15, 0.2) is 66.7 Å². The lowest BCUT2D eigenvalue weighted by atomic mass is 10.1. The van der Waals surface area contributed by atoms with Crippen LogP contribution in [0.25, 0.3) is 0 Å². The summed E-state index contributed by atoms with van der Waals surface area (Å²) < 4.78 is 10.5. The molecule has 9 heteroatoms. The van der Waals surface area contributed by atoms with Crippen LogP contribution >= 0.6 is 0 Å². The van der Waals surface area contributed by atoms with Crippen LogP contribution in [-0.2, 0) is 11.2 Å². The van der Waals surface area contributed by atoms with Gasteiger partial charge in [0.15, 0.2) is 17.3 Å². The molecule has 0 unspecified atom stereocenters. The van der Waals surface area contributed by atoms with E-state index in [2.05, 4.69) is 16.0 Å². The van der Waals surface area contributed by atoms with E-state index in [9.17, 15) is 19.2 Å². The van der Waals surface area contributed by atoms with Crippen LogP contribution in [0.4, 0.5) is 16.2 Å². The van der Waals surface area contributed by atoms with Gasteiger partial charge in [-0.05, 0) is 49.2 Å². The molecule has 3 N–H and O–H groups in total. The first-order valence-electron chi connectivity index (χ1n) is 11.1. The normalized spacial score (nSPS) is 10.2. The van der Waals surface area contributed by atoms with E-state index in [1.807, 2.05) is 0 Å². The van der Waals surface area contributed by atoms with Crippen molar-refractivity contribution in [1.29, 1.82) is 0 Å². The SMILES string of the molecule is COc1cc(NC(=O)CCc2ccc(NC(=O)NC(=O)c3ccccc3)cc2)c(C(C)=O)cc1OC. The highest BCUT2D eigenvalue weighted by atomic mass is 16.5. The van der Waals surface area contributed by atoms with Crippen molar-refractivity contribution < 1.29 is 28.7 Å². The minimum atomic E-state index is -0.646. The van der Waals surface area contributed by atoms with Crippen molar-refractivity contribution in [1.82, 2.24) is 5.32 Å². The van der Waals surface area contributed by atoms with E-state index in [1.165, 1.54) is 27.2 Å². The molecule has 0 spiro atoms. The van der Waals surface area contributed by atoms with E-state index in [4.69, 9.17) is 9.47 Å². The number of ketones is 1. The zero-order valence-electron chi connectivity index (χ0n) is 20.2. The number of rotatable bonds is 9. The monoisotopic (exact) mass is 489 g/mol. The molecule has 3 aromatic rings. The third kappa shape index (κ3) is 6.92. The maximum Gasteiger partial charge on any atom is 0.326 e. The summed E-state index contributed by atoms with van der Waals surface area (Å²) >= 11 is 0. The topological polar surface area (TPSA) is 123 Å². The lowest BCUT2D eigenvalue weighted by molar-refractivity contribution is -0.116. The fourth-order valence-electron chi connectivity index (χ4n) is 3.43. The van der Waals surface area contributed by atoms with Crippen LogP contribution in [0.2, 0.25) is 0 Å². The number of carbonyl (C=O) groups excluding carboxylic acids is 4. The molecule has 3 rings (SSSR count). The second-order valence-corrected chi connectivity index (χ2v) is 7.83. The van der Waals surface area contributed by atoms with Gasteiger partial charge in [0.25, 0.3) is 5.91 Å². The second kappa shape index (κ2) is 12.2. The van der Waals surface area contributed by atoms with E-state index in [1.54, 1.807) is 60.7 Å². The van der Waals surface area contributed by atoms with Crippen molar-refractivity contribution in [3.05, 3.63) is 83.4 Å². The standard InChI is InChI=1S/C27H27N3O6/c1-17(31)21-15-23(35-2)24(36-3)16-22(21)29-25(32)14-11-18-9-12-20(13-10-18)28-27(34)30-26(33)19-7-5-4-6-8-19/h4-10,12-13,15-16H,11,14H2,1-3H3,(H,29,32)(H2,28,30,33,34). The first-order chi connectivity index (χ1) is 17.3. The average Bonchev–Trinajstić information content (AvgIpc) is 2.88. The molecule has 0 aliphatic heterocycles. The molecular formula is C27H27N3O6. The molecule has 0 bridgehead atoms. The summed E-state index contributed by atoms with van der Waals surface area (Å²) in [6.07, 6.45) is 0.609. The number of anilines is 2. The lowest BCUT2D eigenvalue weighted by Crippen LogP contribution is -2.34. The Labute approximate surface area is 208 Å². The van der Waals surface area contributed by atoms with Crippen LogP contribution in [0.1, 0.15) is 39.6 Å². The van der Waals surface area contributed by atoms with Gasteiger partial charge in [-0.15, -0.1) is 0 Å². The van der Waals surface area contributed by atoms with E-state index in [0.717, 1.165) is 5.56 Å². The van der Waals surface area contributed by atoms with Gasteiger partial charge in [0.1, 0.15) is 0 Å². The van der Waals surface area contributed by atoms with Crippen molar-refractivity contribution in [2.45, 2.75) is 19.8 Å². The molecule has 0 heterocycles. The average molecular weight is 490 g/mol. The van der Waals surface area contributed by atoms with Crippen molar-refractivity contribution in [2.24, 2.45) is 0 Å². The van der Waals surface area contributed by atoms with Gasteiger partial charge < -0.3 is 20.1 Å². The third-order valence-corrected chi connectivity index (χ3v) is 5.29. The summed E-state index contributed by atoms with van der Waals surface area (Å²) in [6, 6.07) is 17.8. The number of hydrogen-bond acceptors (Lipinski definition) is 6. The second-order valence-electron chi connectivity index (χ2n) is 7.83. The smallest absolute Gasteiger partial charge is 0.326 e. The lowest BCUT2D eigenvalue weighted by Gasteiger charge is -2.14. The van der Waals surface area contributed by atoms with Gasteiger partial charge in [0.2, 0.25) is 5.91 Å². The predicted octanol–water partition coefficient (Wildman–Crippen LogP) is 4.44. The highest BCUT2D eigenvalue weighted by molar-refractivity contribution is 6.08. The number of hydrogen-bond donors (Lipinski definition) is 3. The van der Waals surface area contributed by atoms with Gasteiger partial charge in [0, 0.05) is 29.3 Å². The Morgan fingerprint density at radius 2 is 1.44 bits per heavy atom. The summed E-state index contributed by atoms with van der Waals surface area (Å²) in [5, 5.41) is 7.63. The summed E-state index contributed by atoms with van der Waals surface area (Å²) in [5.41, 5.74) is 2.42. The molecular weight excluding hydrogens is 462 g/mol. The molecule has 186 valence electrons. The molecule has 0 saturated carbocycles. The molecule has 9 nitrogen and oxygen atoms in total. The fourth-order valence-corrected chi connectivity index (χ4v) is 3.43. The van der Waals surface area contributed by atoms with Crippen LogP contribution in [-0.4, -0.2) is 37.8 Å². The zero-order chi connectivity index (χ0) is 26.1. The van der Waals surface area contributed by atoms with Crippen LogP contribution in [0.3, 0.4) is 0 Å². The molecule has 0 aromatic heterocycles. The van der Waals surface area contributed by atoms with Crippen molar-refractivity contribution in [3.63, 3.8) is 0 Å². The number of methoxy groups -OCH3 is 2. The highest BCUT2D eigenvalue weighted by Crippen LogP contribution is 2.33. The summed E-state index contributed by atoms with van der Waals surface area (Å²) in [6.45, 7) is 1.41. The zero-order valence-corrected chi connectivity index (χ0v) is 20.2. The minimum absolute atomic E-state index is 0.171. The largest absolute Gasteiger partial charge is 0.493 e. The predicted molar refractivity (Wildman–Crippen MR) is 136 cm³/mol. The fraction of sp³-hybridized carbons (Fsp3) is 0.185. The first kappa shape index (κ1) is 26.0. The Hall–Kier alpha value is -4.66. The Balaban J connectivity index is 1.54. The molecule has 0 atom stereocenters. The number of benzene rings is 3. The minimum Gasteiger partial charge on any atom is -0.493 e. The molecule has 4 amide bonds. The maximum atomic E-state index is 12.6. The van der Waals surface area contributed by atoms with Crippen LogP contribution in [0.5, 0.6) is 11.5 Å². The Morgan fingerprint density at radius 3 is 2.06 bits per heavy atom. The van der Waals surface area contributed by atoms with E-state index in [-0.39, 0.29) is 18.1 Å². The number of carbonyl (C=O) groups is 4. The van der Waals surface area contributed by atoms with Gasteiger partial charge in [0.05, 0.1) is 19.9 Å². The number of ether oxygens (including phenoxy) is 2. The number of nitrogens with one attached hydrogen (secondary N) is 3. The quantitative estimate of drug-likeness (QED) is 0.382. The summed E-state index contributed by atoms with van der Waals surface area (Å²) in [4.78, 5) is 48.7. The number of imide groups is 1. The Kier molecular flexibility index (Phi) is 8.77. The third-order valence-electron chi connectivity index (χ3n) is 5.29. The van der Waals surface area contributed by atoms with Crippen LogP contribution < -0.4 is 25.4 Å². The molecule has 0 fully saturated rings. The van der Waals surface area contributed by atoms with E-state index < -0.39 is 11.9 Å². The van der Waals surface area contributed by atoms with Gasteiger partial charge in [-0.25, -0.2) is 4.79 Å². The number of aryl methyl sites for hydroxylation is 1. The molecule has 36 heavy (non-hydrogen) atoms. The van der Waals surface area contributed by atoms with Crippen molar-refractivity contribution >= 4 is 35.0 Å². The van der Waals surface area contributed by atoms with Crippen LogP contribution in [0, 0.1) is 0 Å². The van der Waals surface area contributed by atoms with E-state index >= 15 is 0 Å². The first-order valence-corrected chi connectivity index (χ1v) is 11.1. The molecule has 0 aliphatic carbocycles. The number of Topliss-reactive ketones (excluding diaryl/α,β-unsaturated/α-hetero) is 1. The van der Waals surface area contributed by atoms with Gasteiger partial charge in [-0.3, -0.25) is 19.7 Å². The number of urea groups is 1. The summed E-state index contributed by atoms with van der Waals surface area (Å²) in [5.74, 6) is -0.199. The number of amides is 4. The Morgan fingerprint density at radius 1 is 0.806 bits per heavy atom. The molecule has 0 radical (unpaired) electrons. The summed E-state index contributed by atoms with van der Waals surface area (Å²) in [7, 11) is 2.94. The molecule has 0 aliphatic rings. The van der Waals surface area contributed by atoms with Crippen molar-refractivity contribution in [3.8, 4) is 11.5 Å². The van der Waals surface area contributed by atoms with Gasteiger partial charge in [-0.1, -0.05) is 30.3 Å². The maximum absolute atomic E-state index is 12.6. The van der Waals surface area contributed by atoms with Gasteiger partial charge in [-0.2, -0.15) is 0 Å². The highest BCUT2D eigenvalue weighted by Gasteiger charge is 2.16. The van der Waals surface area contributed by atoms with E-state index in [0.29, 0.717) is 40.4 Å². The van der Waals surface area contributed by atoms with Gasteiger partial charge >= 0.3 is 6.03 Å². The Bertz CT molecular complexity index is 1260. The molecule has 3 aromatic carbocycles. The molecule has 0 saturated heterocycles. The van der Waals surface area contributed by atoms with Crippen molar-refractivity contribution in [2.75, 3.05) is 24.9 Å².